The average Bonchev–Trinajstić information content (AvgIpc) is 2.07. The van der Waals surface area contributed by atoms with E-state index in [-0.39, 0.29) is 30.4 Å². The molecular weight excluding hydrogens is 251 g/mol. The highest BCUT2D eigenvalue weighted by Gasteiger charge is 2.31. The minimum absolute atomic E-state index is 0. The topological polar surface area (TPSA) is 69.4 Å². The highest BCUT2D eigenvalue weighted by Crippen LogP contribution is 2.22. The number of carbonyl (C=O) groups is 1. The van der Waals surface area contributed by atoms with E-state index in [1.807, 2.05) is 6.92 Å². The normalized spacial score (nSPS) is 22.9. The largest absolute Gasteiger partial charge is 0.545 e. The molecular formula is C10H17Cl2N2O2-. The fourth-order valence-corrected chi connectivity index (χ4v) is 1.54. The molecule has 0 aliphatic carbocycles. The van der Waals surface area contributed by atoms with Gasteiger partial charge in [0.1, 0.15) is 5.66 Å². The molecule has 16 heavy (non-hydrogen) atoms. The molecule has 0 spiro atoms. The molecule has 0 radical (unpaired) electrons. The predicted molar refractivity (Wildman–Crippen MR) is 66.3 cm³/mol. The summed E-state index contributed by atoms with van der Waals surface area (Å²) in [6.45, 7) is 4.42. The quantitative estimate of drug-likeness (QED) is 0.805. The van der Waals surface area contributed by atoms with Crippen LogP contribution in [0.5, 0.6) is 0 Å². The maximum atomic E-state index is 10.8. The molecule has 2 N–H and O–H groups in total. The molecule has 0 fully saturated rings. The zero-order chi connectivity index (χ0) is 10.8. The number of hydrogen-bond acceptors (Lipinski definition) is 4. The van der Waals surface area contributed by atoms with Crippen LogP contribution in [0.1, 0.15) is 20.3 Å². The maximum absolute atomic E-state index is 10.8. The zero-order valence-corrected chi connectivity index (χ0v) is 10.9. The summed E-state index contributed by atoms with van der Waals surface area (Å²) in [7, 11) is 0. The first kappa shape index (κ1) is 17.7. The minimum atomic E-state index is -1.21. The lowest BCUT2D eigenvalue weighted by atomic mass is 9.97. The second-order valence-electron chi connectivity index (χ2n) is 3.55. The molecule has 0 amide bonds. The SMILES string of the molecule is CCCN1C=CC=C(C(=O)[O-])C1(C)N.Cl.Cl. The van der Waals surface area contributed by atoms with Gasteiger partial charge >= 0.3 is 0 Å². The summed E-state index contributed by atoms with van der Waals surface area (Å²) < 4.78 is 0. The first-order valence-electron chi connectivity index (χ1n) is 4.66. The average molecular weight is 268 g/mol. The summed E-state index contributed by atoms with van der Waals surface area (Å²) in [6, 6.07) is 0. The van der Waals surface area contributed by atoms with E-state index in [1.165, 1.54) is 6.08 Å². The van der Waals surface area contributed by atoms with Gasteiger partial charge < -0.3 is 20.5 Å². The molecule has 6 heteroatoms. The molecule has 1 heterocycles. The van der Waals surface area contributed by atoms with Gasteiger partial charge in [-0.2, -0.15) is 0 Å². The van der Waals surface area contributed by atoms with Crippen molar-refractivity contribution in [2.75, 3.05) is 6.54 Å². The monoisotopic (exact) mass is 267 g/mol. The summed E-state index contributed by atoms with van der Waals surface area (Å²) >= 11 is 0. The third-order valence-electron chi connectivity index (χ3n) is 2.36. The van der Waals surface area contributed by atoms with Crippen molar-refractivity contribution in [2.45, 2.75) is 25.9 Å². The van der Waals surface area contributed by atoms with Crippen LogP contribution in [0.25, 0.3) is 0 Å². The Morgan fingerprint density at radius 3 is 2.56 bits per heavy atom. The molecule has 1 atom stereocenters. The fraction of sp³-hybridized carbons (Fsp3) is 0.500. The molecule has 0 bridgehead atoms. The second-order valence-corrected chi connectivity index (χ2v) is 3.55. The number of aliphatic carboxylic acids is 1. The molecule has 1 rings (SSSR count). The van der Waals surface area contributed by atoms with Crippen LogP contribution < -0.4 is 10.8 Å². The Balaban J connectivity index is 0. The van der Waals surface area contributed by atoms with Gasteiger partial charge in [0.2, 0.25) is 0 Å². The van der Waals surface area contributed by atoms with Gasteiger partial charge in [0.05, 0.1) is 5.97 Å². The first-order chi connectivity index (χ1) is 6.50. The van der Waals surface area contributed by atoms with E-state index >= 15 is 0 Å². The Morgan fingerprint density at radius 2 is 2.12 bits per heavy atom. The fourth-order valence-electron chi connectivity index (χ4n) is 1.54. The number of carboxylic acids is 1. The molecule has 0 saturated carbocycles. The molecule has 0 aromatic rings. The number of nitrogens with zero attached hydrogens (tertiary/aromatic N) is 1. The lowest BCUT2D eigenvalue weighted by Crippen LogP contribution is -2.57. The van der Waals surface area contributed by atoms with Gasteiger partial charge in [-0.05, 0) is 19.4 Å². The summed E-state index contributed by atoms with van der Waals surface area (Å²) in [4.78, 5) is 12.6. The van der Waals surface area contributed by atoms with Crippen LogP contribution in [-0.4, -0.2) is 23.1 Å². The summed E-state index contributed by atoms with van der Waals surface area (Å²) in [5, 5.41) is 10.8. The standard InChI is InChI=1S/C10H16N2O2.2ClH/c1-3-6-12-7-4-5-8(9(13)14)10(12,2)11;;/h4-5,7H,3,6,11H2,1-2H3,(H,13,14);2*1H/p-1. The van der Waals surface area contributed by atoms with E-state index in [0.717, 1.165) is 13.0 Å². The Kier molecular flexibility index (Phi) is 7.49. The van der Waals surface area contributed by atoms with Gasteiger partial charge in [0.15, 0.2) is 0 Å². The molecule has 94 valence electrons. The smallest absolute Gasteiger partial charge is 0.113 e. The van der Waals surface area contributed by atoms with E-state index in [2.05, 4.69) is 0 Å². The van der Waals surface area contributed by atoms with Crippen molar-refractivity contribution in [1.82, 2.24) is 4.90 Å². The van der Waals surface area contributed by atoms with Crippen LogP contribution in [-0.2, 0) is 4.79 Å². The van der Waals surface area contributed by atoms with E-state index in [0.29, 0.717) is 0 Å². The third-order valence-corrected chi connectivity index (χ3v) is 2.36. The number of carboxylic acid groups (broad SMARTS) is 1. The summed E-state index contributed by atoms with van der Waals surface area (Å²) in [5.41, 5.74) is 5.09. The Bertz CT molecular complexity index is 301. The molecule has 1 aliphatic heterocycles. The van der Waals surface area contributed by atoms with Crippen LogP contribution in [0.3, 0.4) is 0 Å². The van der Waals surface area contributed by atoms with Crippen molar-refractivity contribution in [3.63, 3.8) is 0 Å². The lowest BCUT2D eigenvalue weighted by molar-refractivity contribution is -0.300. The number of allylic oxidation sites excluding steroid dienone is 2. The van der Waals surface area contributed by atoms with Crippen molar-refractivity contribution < 1.29 is 9.90 Å². The molecule has 0 aromatic carbocycles. The van der Waals surface area contributed by atoms with Crippen LogP contribution in [0.4, 0.5) is 0 Å². The Morgan fingerprint density at radius 1 is 1.56 bits per heavy atom. The molecule has 1 unspecified atom stereocenters. The Labute approximate surface area is 108 Å². The van der Waals surface area contributed by atoms with Gasteiger partial charge in [-0.25, -0.2) is 0 Å². The van der Waals surface area contributed by atoms with E-state index in [4.69, 9.17) is 5.73 Å². The van der Waals surface area contributed by atoms with Gasteiger partial charge in [-0.15, -0.1) is 24.8 Å². The van der Waals surface area contributed by atoms with Gasteiger partial charge in [0.25, 0.3) is 0 Å². The number of nitrogens with two attached hydrogens (primary N) is 1. The highest BCUT2D eigenvalue weighted by atomic mass is 35.5. The second kappa shape index (κ2) is 6.78. The third kappa shape index (κ3) is 3.40. The number of halogens is 2. The van der Waals surface area contributed by atoms with E-state index in [1.54, 1.807) is 24.1 Å². The number of carbonyl (C=O) groups excluding carboxylic acids is 1. The maximum Gasteiger partial charge on any atom is 0.113 e. The Hall–Kier alpha value is -0.710. The van der Waals surface area contributed by atoms with Crippen molar-refractivity contribution in [3.8, 4) is 0 Å². The molecule has 1 aliphatic rings. The van der Waals surface area contributed by atoms with E-state index in [9.17, 15) is 9.90 Å². The van der Waals surface area contributed by atoms with Gasteiger partial charge in [0, 0.05) is 18.3 Å². The highest BCUT2D eigenvalue weighted by molar-refractivity contribution is 5.88. The van der Waals surface area contributed by atoms with Crippen LogP contribution in [0.2, 0.25) is 0 Å². The minimum Gasteiger partial charge on any atom is -0.545 e. The first-order valence-corrected chi connectivity index (χ1v) is 4.66. The summed E-state index contributed by atoms with van der Waals surface area (Å²) in [6.07, 6.45) is 5.88. The number of hydrogen-bond donors (Lipinski definition) is 1. The van der Waals surface area contributed by atoms with Crippen LogP contribution in [0.15, 0.2) is 23.9 Å². The van der Waals surface area contributed by atoms with E-state index < -0.39 is 11.6 Å². The number of rotatable bonds is 3. The van der Waals surface area contributed by atoms with Crippen molar-refractivity contribution in [3.05, 3.63) is 23.9 Å². The van der Waals surface area contributed by atoms with Crippen LogP contribution >= 0.6 is 24.8 Å². The van der Waals surface area contributed by atoms with Crippen molar-refractivity contribution in [2.24, 2.45) is 5.73 Å². The molecule has 0 saturated heterocycles. The van der Waals surface area contributed by atoms with Gasteiger partial charge in [-0.1, -0.05) is 13.0 Å². The zero-order valence-electron chi connectivity index (χ0n) is 9.30. The lowest BCUT2D eigenvalue weighted by Gasteiger charge is -2.41. The molecule has 4 nitrogen and oxygen atoms in total. The van der Waals surface area contributed by atoms with Crippen molar-refractivity contribution >= 4 is 30.8 Å². The van der Waals surface area contributed by atoms with Crippen LogP contribution in [0, 0.1) is 0 Å². The van der Waals surface area contributed by atoms with Gasteiger partial charge in [-0.3, -0.25) is 0 Å². The van der Waals surface area contributed by atoms with Crippen molar-refractivity contribution in [1.29, 1.82) is 0 Å². The predicted octanol–water partition coefficient (Wildman–Crippen LogP) is 0.420. The summed E-state index contributed by atoms with van der Waals surface area (Å²) in [5.74, 6) is -1.21. The molecule has 0 aromatic heterocycles.